The van der Waals surface area contributed by atoms with Gasteiger partial charge < -0.3 is 9.64 Å². The smallest absolute Gasteiger partial charge is 0.245 e. The number of hydrogen-bond acceptors (Lipinski definition) is 3. The fraction of sp³-hybridized carbons (Fsp3) is 0.273. The number of H-pyrrole nitrogens is 1. The van der Waals surface area contributed by atoms with E-state index in [0.717, 1.165) is 53.5 Å². The zero-order valence-corrected chi connectivity index (χ0v) is 22.8. The summed E-state index contributed by atoms with van der Waals surface area (Å²) < 4.78 is 6.04. The summed E-state index contributed by atoms with van der Waals surface area (Å²) in [5, 5.41) is 8.35. The lowest BCUT2D eigenvalue weighted by atomic mass is 9.88. The predicted octanol–water partition coefficient (Wildman–Crippen LogP) is 7.52. The number of carbonyl (C=O) groups excluding carboxylic acids is 1. The van der Waals surface area contributed by atoms with Crippen LogP contribution in [0.1, 0.15) is 56.2 Å². The van der Waals surface area contributed by atoms with Crippen LogP contribution in [0.4, 0.5) is 0 Å². The van der Waals surface area contributed by atoms with Gasteiger partial charge >= 0.3 is 0 Å². The molecule has 1 amide bonds. The van der Waals surface area contributed by atoms with Crippen LogP contribution in [0.2, 0.25) is 0 Å². The maximum atomic E-state index is 11.8. The van der Waals surface area contributed by atoms with Gasteiger partial charge in [-0.1, -0.05) is 61.0 Å². The van der Waals surface area contributed by atoms with Crippen LogP contribution in [0.15, 0.2) is 90.6 Å². The summed E-state index contributed by atoms with van der Waals surface area (Å²) in [6.45, 7) is 4.87. The number of aromatic nitrogens is 2. The van der Waals surface area contributed by atoms with E-state index in [1.165, 1.54) is 22.3 Å². The van der Waals surface area contributed by atoms with Gasteiger partial charge in [0.1, 0.15) is 5.75 Å². The predicted molar refractivity (Wildman–Crippen MR) is 157 cm³/mol. The van der Waals surface area contributed by atoms with Gasteiger partial charge in [0.2, 0.25) is 5.91 Å². The van der Waals surface area contributed by atoms with E-state index in [1.54, 1.807) is 25.1 Å². The number of hydrogen-bond donors (Lipinski definition) is 1. The van der Waals surface area contributed by atoms with Crippen LogP contribution < -0.4 is 4.74 Å². The molecule has 38 heavy (non-hydrogen) atoms. The van der Waals surface area contributed by atoms with Crippen molar-refractivity contribution < 1.29 is 9.53 Å². The lowest BCUT2D eigenvalue weighted by molar-refractivity contribution is -0.123. The number of ether oxygens (including phenoxy) is 1. The van der Waals surface area contributed by atoms with Crippen LogP contribution in [0.5, 0.6) is 5.75 Å². The molecule has 1 aromatic heterocycles. The average Bonchev–Trinajstić information content (AvgIpc) is 3.40. The fourth-order valence-corrected chi connectivity index (χ4v) is 4.60. The van der Waals surface area contributed by atoms with E-state index >= 15 is 0 Å². The van der Waals surface area contributed by atoms with Crippen molar-refractivity contribution >= 4 is 28.0 Å². The highest BCUT2D eigenvalue weighted by Gasteiger charge is 2.14. The van der Waals surface area contributed by atoms with Gasteiger partial charge in [-0.3, -0.25) is 9.89 Å². The van der Waals surface area contributed by atoms with Crippen molar-refractivity contribution in [3.05, 3.63) is 107 Å². The first-order valence-corrected chi connectivity index (χ1v) is 13.3. The highest BCUT2D eigenvalue weighted by atomic mass is 16.5. The zero-order valence-electron chi connectivity index (χ0n) is 22.8. The molecule has 5 heteroatoms. The summed E-state index contributed by atoms with van der Waals surface area (Å²) >= 11 is 0. The van der Waals surface area contributed by atoms with Crippen molar-refractivity contribution in [3.63, 3.8) is 0 Å². The molecular weight excluding hydrogens is 470 g/mol. The Morgan fingerprint density at radius 3 is 2.39 bits per heavy atom. The van der Waals surface area contributed by atoms with E-state index in [9.17, 15) is 4.79 Å². The standard InChI is InChI=1S/C33H37N3O2/c1-5-30(25-12-7-6-8-13-25)33(27-16-19-31-28(22-27)23-34-35-31)26-14-17-29(18-15-26)38-20-10-9-11-24(2)21-32(37)36(3)4/h6-8,12-19,21-23H,5,9-11,20H2,1-4H3,(H,34,35)/b24-21+,33-30+. The number of fused-ring (bicyclic) bond motifs is 1. The third-order valence-corrected chi connectivity index (χ3v) is 6.69. The molecule has 0 spiro atoms. The fourth-order valence-electron chi connectivity index (χ4n) is 4.60. The van der Waals surface area contributed by atoms with Crippen molar-refractivity contribution in [2.75, 3.05) is 20.7 Å². The van der Waals surface area contributed by atoms with Crippen LogP contribution in [-0.2, 0) is 4.79 Å². The summed E-state index contributed by atoms with van der Waals surface area (Å²) in [5.41, 5.74) is 8.22. The number of carbonyl (C=O) groups is 1. The molecule has 3 aromatic carbocycles. The lowest BCUT2D eigenvalue weighted by Gasteiger charge is -2.17. The maximum Gasteiger partial charge on any atom is 0.245 e. The minimum Gasteiger partial charge on any atom is -0.494 e. The number of unbranched alkanes of at least 4 members (excludes halogenated alkanes) is 1. The number of amides is 1. The van der Waals surface area contributed by atoms with Crippen LogP contribution >= 0.6 is 0 Å². The van der Waals surface area contributed by atoms with Crippen molar-refractivity contribution in [2.45, 2.75) is 39.5 Å². The number of rotatable bonds is 11. The summed E-state index contributed by atoms with van der Waals surface area (Å²) in [7, 11) is 3.54. The minimum absolute atomic E-state index is 0.0374. The normalized spacial score (nSPS) is 12.4. The molecule has 0 unspecified atom stereocenters. The molecule has 0 saturated carbocycles. The van der Waals surface area contributed by atoms with Crippen molar-refractivity contribution in [2.24, 2.45) is 0 Å². The first-order chi connectivity index (χ1) is 18.5. The second-order valence-electron chi connectivity index (χ2n) is 9.80. The Morgan fingerprint density at radius 1 is 0.947 bits per heavy atom. The van der Waals surface area contributed by atoms with Gasteiger partial charge in [0.05, 0.1) is 18.3 Å². The Balaban J connectivity index is 1.50. The maximum absolute atomic E-state index is 11.8. The van der Waals surface area contributed by atoms with Crippen molar-refractivity contribution in [1.29, 1.82) is 0 Å². The Morgan fingerprint density at radius 2 is 1.68 bits per heavy atom. The molecule has 0 aliphatic carbocycles. The van der Waals surface area contributed by atoms with Crippen molar-refractivity contribution in [1.82, 2.24) is 15.1 Å². The number of aromatic amines is 1. The molecule has 0 aliphatic heterocycles. The number of benzene rings is 3. The molecule has 0 saturated heterocycles. The van der Waals surface area contributed by atoms with Crippen LogP contribution in [0.25, 0.3) is 22.0 Å². The summed E-state index contributed by atoms with van der Waals surface area (Å²) in [6.07, 6.45) is 7.33. The highest BCUT2D eigenvalue weighted by Crippen LogP contribution is 2.36. The first kappa shape index (κ1) is 26.9. The number of nitrogens with zero attached hydrogens (tertiary/aromatic N) is 2. The molecule has 0 fully saturated rings. The molecule has 0 radical (unpaired) electrons. The topological polar surface area (TPSA) is 58.2 Å². The SMILES string of the molecule is CC/C(=C(/c1ccc(OCCCC/C(C)=C/C(=O)N(C)C)cc1)c1ccc2[nH]ncc2c1)c1ccccc1. The Bertz CT molecular complexity index is 1410. The molecule has 5 nitrogen and oxygen atoms in total. The van der Waals surface area contributed by atoms with Gasteiger partial charge in [0, 0.05) is 25.6 Å². The number of nitrogens with one attached hydrogen (secondary N) is 1. The Kier molecular flexibility index (Phi) is 9.15. The molecule has 4 aromatic rings. The van der Waals surface area contributed by atoms with Gasteiger partial charge in [-0.2, -0.15) is 5.10 Å². The monoisotopic (exact) mass is 507 g/mol. The largest absolute Gasteiger partial charge is 0.494 e. The highest BCUT2D eigenvalue weighted by molar-refractivity contribution is 6.00. The van der Waals surface area contributed by atoms with Crippen molar-refractivity contribution in [3.8, 4) is 5.75 Å². The summed E-state index contributed by atoms with van der Waals surface area (Å²) in [4.78, 5) is 13.4. The van der Waals surface area contributed by atoms with E-state index in [1.807, 2.05) is 13.1 Å². The van der Waals surface area contributed by atoms with E-state index in [-0.39, 0.29) is 5.91 Å². The summed E-state index contributed by atoms with van der Waals surface area (Å²) in [6, 6.07) is 25.5. The first-order valence-electron chi connectivity index (χ1n) is 13.3. The van der Waals surface area contributed by atoms with E-state index in [2.05, 4.69) is 89.9 Å². The number of likely N-dealkylation sites (N-methyl/N-ethyl adjacent to an activating group) is 1. The third-order valence-electron chi connectivity index (χ3n) is 6.69. The second kappa shape index (κ2) is 12.9. The molecule has 0 bridgehead atoms. The zero-order chi connectivity index (χ0) is 26.9. The van der Waals surface area contributed by atoms with E-state index in [0.29, 0.717) is 6.61 Å². The molecule has 1 N–H and O–H groups in total. The minimum atomic E-state index is 0.0374. The average molecular weight is 508 g/mol. The molecule has 196 valence electrons. The van der Waals surface area contributed by atoms with Crippen LogP contribution in [0.3, 0.4) is 0 Å². The van der Waals surface area contributed by atoms with Gasteiger partial charge in [0.15, 0.2) is 0 Å². The van der Waals surface area contributed by atoms with Gasteiger partial charge in [-0.05, 0) is 84.7 Å². The molecule has 1 heterocycles. The number of allylic oxidation sites excluding steroid dienone is 2. The van der Waals surface area contributed by atoms with Crippen LogP contribution in [-0.4, -0.2) is 41.7 Å². The van der Waals surface area contributed by atoms with Gasteiger partial charge in [-0.15, -0.1) is 0 Å². The second-order valence-corrected chi connectivity index (χ2v) is 9.80. The van der Waals surface area contributed by atoms with Crippen LogP contribution in [0, 0.1) is 0 Å². The Labute approximate surface area is 225 Å². The third kappa shape index (κ3) is 6.80. The molecule has 0 atom stereocenters. The van der Waals surface area contributed by atoms with Gasteiger partial charge in [0.25, 0.3) is 0 Å². The van der Waals surface area contributed by atoms with E-state index < -0.39 is 0 Å². The molecule has 4 rings (SSSR count). The Hall–Kier alpha value is -4.12. The lowest BCUT2D eigenvalue weighted by Crippen LogP contribution is -2.19. The van der Waals surface area contributed by atoms with E-state index in [4.69, 9.17) is 4.74 Å². The summed E-state index contributed by atoms with van der Waals surface area (Å²) in [5.74, 6) is 0.904. The quantitative estimate of drug-likeness (QED) is 0.130. The molecule has 0 aliphatic rings. The molecular formula is C33H37N3O2. The van der Waals surface area contributed by atoms with Gasteiger partial charge in [-0.25, -0.2) is 0 Å².